The van der Waals surface area contributed by atoms with Gasteiger partial charge < -0.3 is 24.4 Å². The van der Waals surface area contributed by atoms with E-state index in [4.69, 9.17) is 14.2 Å². The highest BCUT2D eigenvalue weighted by atomic mass is 32.2. The molecule has 10 nitrogen and oxygen atoms in total. The van der Waals surface area contributed by atoms with E-state index >= 15 is 0 Å². The molecular weight excluding hydrogens is 630 g/mol. The molecule has 0 unspecified atom stereocenters. The van der Waals surface area contributed by atoms with E-state index in [9.17, 15) is 18.0 Å². The Morgan fingerprint density at radius 1 is 0.771 bits per heavy atom. The smallest absolute Gasteiger partial charge is 0.264 e. The third-order valence-corrected chi connectivity index (χ3v) is 9.81. The minimum atomic E-state index is -4.32. The predicted octanol–water partition coefficient (Wildman–Crippen LogP) is 5.46. The fourth-order valence-electron chi connectivity index (χ4n) is 5.19. The Kier molecular flexibility index (Phi) is 12.5. The van der Waals surface area contributed by atoms with E-state index in [1.54, 1.807) is 61.7 Å². The maximum absolute atomic E-state index is 14.7. The number of methoxy groups -OCH3 is 3. The van der Waals surface area contributed by atoms with Crippen molar-refractivity contribution in [1.82, 2.24) is 10.2 Å². The maximum atomic E-state index is 14.7. The second-order valence-corrected chi connectivity index (χ2v) is 13.1. The van der Waals surface area contributed by atoms with Crippen LogP contribution in [0.5, 0.6) is 17.2 Å². The van der Waals surface area contributed by atoms with E-state index in [0.29, 0.717) is 23.5 Å². The van der Waals surface area contributed by atoms with Gasteiger partial charge in [0.15, 0.2) is 0 Å². The lowest BCUT2D eigenvalue weighted by Crippen LogP contribution is -2.54. The zero-order valence-corrected chi connectivity index (χ0v) is 28.8. The second kappa shape index (κ2) is 16.7. The minimum absolute atomic E-state index is 0.0177. The van der Waals surface area contributed by atoms with Crippen LogP contribution in [0.1, 0.15) is 31.4 Å². The number of para-hydroxylation sites is 2. The molecule has 0 aliphatic heterocycles. The molecule has 0 spiro atoms. The van der Waals surface area contributed by atoms with Gasteiger partial charge in [-0.05, 0) is 73.0 Å². The van der Waals surface area contributed by atoms with Crippen LogP contribution in [0.15, 0.2) is 108 Å². The minimum Gasteiger partial charge on any atom is -0.497 e. The number of nitrogens with one attached hydrogen (secondary N) is 1. The molecule has 1 N–H and O–H groups in total. The summed E-state index contributed by atoms with van der Waals surface area (Å²) in [7, 11) is 0.152. The number of carbonyl (C=O) groups is 2. The first kappa shape index (κ1) is 35.8. The molecule has 0 aromatic heterocycles. The van der Waals surface area contributed by atoms with Gasteiger partial charge in [0.1, 0.15) is 29.8 Å². The van der Waals surface area contributed by atoms with E-state index in [2.05, 4.69) is 5.32 Å². The van der Waals surface area contributed by atoms with Crippen molar-refractivity contribution in [3.63, 3.8) is 0 Å². The number of nitrogens with zero attached hydrogens (tertiary/aromatic N) is 2. The van der Waals surface area contributed by atoms with Gasteiger partial charge in [-0.15, -0.1) is 0 Å². The predicted molar refractivity (Wildman–Crippen MR) is 186 cm³/mol. The van der Waals surface area contributed by atoms with Crippen molar-refractivity contribution in [3.05, 3.63) is 114 Å². The summed E-state index contributed by atoms with van der Waals surface area (Å²) in [5.41, 5.74) is 1.73. The van der Waals surface area contributed by atoms with Crippen LogP contribution in [0.3, 0.4) is 0 Å². The zero-order chi connectivity index (χ0) is 34.7. The Morgan fingerprint density at radius 2 is 1.42 bits per heavy atom. The SMILES string of the molecule is CC[C@H](C)NC(=O)[C@@H](Cc1ccccc1)N(Cc1cccc(OC)c1)C(=O)CN(c1ccccc1OC)S(=O)(=O)c1ccc(OC)cc1. The molecule has 4 aromatic rings. The van der Waals surface area contributed by atoms with Crippen molar-refractivity contribution in [2.45, 2.75) is 50.2 Å². The number of anilines is 1. The zero-order valence-electron chi connectivity index (χ0n) is 28.0. The van der Waals surface area contributed by atoms with Gasteiger partial charge in [-0.2, -0.15) is 0 Å². The summed E-state index contributed by atoms with van der Waals surface area (Å²) in [6.07, 6.45) is 0.897. The number of rotatable bonds is 16. The first-order valence-electron chi connectivity index (χ1n) is 15.7. The van der Waals surface area contributed by atoms with Crippen molar-refractivity contribution >= 4 is 27.5 Å². The van der Waals surface area contributed by atoms with Gasteiger partial charge in [-0.25, -0.2) is 8.42 Å². The normalized spacial score (nSPS) is 12.4. The highest BCUT2D eigenvalue weighted by molar-refractivity contribution is 7.92. The summed E-state index contributed by atoms with van der Waals surface area (Å²) in [6.45, 7) is 3.27. The molecule has 0 heterocycles. The van der Waals surface area contributed by atoms with Crippen LogP contribution >= 0.6 is 0 Å². The second-order valence-electron chi connectivity index (χ2n) is 11.3. The van der Waals surface area contributed by atoms with Crippen molar-refractivity contribution in [2.24, 2.45) is 0 Å². The topological polar surface area (TPSA) is 114 Å². The monoisotopic (exact) mass is 673 g/mol. The number of hydrogen-bond acceptors (Lipinski definition) is 7. The average molecular weight is 674 g/mol. The van der Waals surface area contributed by atoms with E-state index in [1.165, 1.54) is 31.3 Å². The van der Waals surface area contributed by atoms with Gasteiger partial charge in [0.2, 0.25) is 11.8 Å². The fraction of sp³-hybridized carbons (Fsp3) is 0.297. The molecule has 0 aliphatic rings. The molecule has 0 radical (unpaired) electrons. The molecule has 2 amide bonds. The van der Waals surface area contributed by atoms with Crippen molar-refractivity contribution in [2.75, 3.05) is 32.2 Å². The summed E-state index contributed by atoms with van der Waals surface area (Å²) in [5, 5.41) is 3.04. The summed E-state index contributed by atoms with van der Waals surface area (Å²) < 4.78 is 45.9. The van der Waals surface area contributed by atoms with Crippen molar-refractivity contribution in [3.8, 4) is 17.2 Å². The summed E-state index contributed by atoms with van der Waals surface area (Å²) in [4.78, 5) is 30.1. The van der Waals surface area contributed by atoms with Gasteiger partial charge in [0.05, 0.1) is 31.9 Å². The Labute approximate surface area is 283 Å². The largest absolute Gasteiger partial charge is 0.497 e. The Balaban J connectivity index is 1.84. The summed E-state index contributed by atoms with van der Waals surface area (Å²) >= 11 is 0. The summed E-state index contributed by atoms with van der Waals surface area (Å²) in [6, 6.07) is 28.0. The van der Waals surface area contributed by atoms with Gasteiger partial charge in [-0.1, -0.05) is 61.5 Å². The number of benzene rings is 4. The average Bonchev–Trinajstić information content (AvgIpc) is 3.12. The van der Waals surface area contributed by atoms with Crippen LogP contribution < -0.4 is 23.8 Å². The highest BCUT2D eigenvalue weighted by Crippen LogP contribution is 2.33. The lowest BCUT2D eigenvalue weighted by Gasteiger charge is -2.34. The van der Waals surface area contributed by atoms with Crippen LogP contribution in [0.4, 0.5) is 5.69 Å². The number of sulfonamides is 1. The third kappa shape index (κ3) is 8.86. The van der Waals surface area contributed by atoms with E-state index in [0.717, 1.165) is 9.87 Å². The third-order valence-electron chi connectivity index (χ3n) is 8.04. The lowest BCUT2D eigenvalue weighted by atomic mass is 10.0. The number of ether oxygens (including phenoxy) is 3. The van der Waals surface area contributed by atoms with Gasteiger partial charge >= 0.3 is 0 Å². The Hall–Kier alpha value is -5.03. The molecule has 254 valence electrons. The fourth-order valence-corrected chi connectivity index (χ4v) is 6.61. The maximum Gasteiger partial charge on any atom is 0.264 e. The lowest BCUT2D eigenvalue weighted by molar-refractivity contribution is -0.140. The van der Waals surface area contributed by atoms with Crippen molar-refractivity contribution < 1.29 is 32.2 Å². The molecule has 2 atom stereocenters. The molecule has 4 aromatic carbocycles. The molecule has 0 saturated heterocycles. The van der Waals surface area contributed by atoms with Crippen LogP contribution in [-0.2, 0) is 32.6 Å². The standard InChI is InChI=1S/C37H43N3O7S/c1-6-27(2)38-37(42)34(24-28-13-8-7-9-14-28)39(25-29-15-12-16-31(23-29)46-4)36(41)26-40(33-17-10-11-18-35(33)47-5)48(43,44)32-21-19-30(45-3)20-22-32/h7-23,27,34H,6,24-26H2,1-5H3,(H,38,42)/t27-,34+/m0/s1. The quantitative estimate of drug-likeness (QED) is 0.168. The van der Waals surface area contributed by atoms with Crippen LogP contribution in [-0.4, -0.2) is 65.1 Å². The van der Waals surface area contributed by atoms with Gasteiger partial charge in [0, 0.05) is 19.0 Å². The van der Waals surface area contributed by atoms with Crippen LogP contribution in [0.25, 0.3) is 0 Å². The van der Waals surface area contributed by atoms with Crippen LogP contribution in [0, 0.1) is 0 Å². The molecule has 48 heavy (non-hydrogen) atoms. The molecule has 4 rings (SSSR count). The molecule has 11 heteroatoms. The van der Waals surface area contributed by atoms with Gasteiger partial charge in [-0.3, -0.25) is 13.9 Å². The van der Waals surface area contributed by atoms with Crippen molar-refractivity contribution in [1.29, 1.82) is 0 Å². The number of hydrogen-bond donors (Lipinski definition) is 1. The molecular formula is C37H43N3O7S. The van der Waals surface area contributed by atoms with E-state index in [-0.39, 0.29) is 41.2 Å². The van der Waals surface area contributed by atoms with Gasteiger partial charge in [0.25, 0.3) is 10.0 Å². The number of amides is 2. The number of carbonyl (C=O) groups excluding carboxylic acids is 2. The first-order chi connectivity index (χ1) is 23.1. The molecule has 0 saturated carbocycles. The van der Waals surface area contributed by atoms with E-state index in [1.807, 2.05) is 50.2 Å². The van der Waals surface area contributed by atoms with Crippen LogP contribution in [0.2, 0.25) is 0 Å². The Morgan fingerprint density at radius 3 is 2.06 bits per heavy atom. The molecule has 0 bridgehead atoms. The molecule has 0 fully saturated rings. The van der Waals surface area contributed by atoms with E-state index < -0.39 is 28.5 Å². The first-order valence-corrected chi connectivity index (χ1v) is 17.1. The molecule has 0 aliphatic carbocycles. The summed E-state index contributed by atoms with van der Waals surface area (Å²) in [5.74, 6) is 0.403. The highest BCUT2D eigenvalue weighted by Gasteiger charge is 2.36. The Bertz CT molecular complexity index is 1770.